The molecule has 1 aliphatic heterocycles. The summed E-state index contributed by atoms with van der Waals surface area (Å²) >= 11 is 1.32. The summed E-state index contributed by atoms with van der Waals surface area (Å²) in [5.41, 5.74) is 3.99. The van der Waals surface area contributed by atoms with E-state index < -0.39 is 15.4 Å². The quantitative estimate of drug-likeness (QED) is 0.348. The molecule has 0 amide bonds. The molecule has 190 valence electrons. The zero-order valence-corrected chi connectivity index (χ0v) is 21.5. The Morgan fingerprint density at radius 2 is 2.00 bits per heavy atom. The number of ketones is 1. The number of rotatable bonds is 6. The maximum Gasteiger partial charge on any atom is 0.246 e. The Kier molecular flexibility index (Phi) is 5.70. The van der Waals surface area contributed by atoms with Crippen LogP contribution in [0.5, 0.6) is 0 Å². The zero-order valence-electron chi connectivity index (χ0n) is 19.9. The molecule has 0 spiro atoms. The molecule has 1 saturated heterocycles. The van der Waals surface area contributed by atoms with Gasteiger partial charge in [-0.2, -0.15) is 14.5 Å². The van der Waals surface area contributed by atoms with E-state index in [-0.39, 0.29) is 36.0 Å². The Hall–Kier alpha value is -3.48. The minimum absolute atomic E-state index is 0.00397. The number of aryl methyl sites for hydroxylation is 1. The number of sulfonamides is 1. The van der Waals surface area contributed by atoms with E-state index in [1.807, 2.05) is 13.0 Å². The molecular weight excluding hydrogens is 515 g/mol. The van der Waals surface area contributed by atoms with Crippen molar-refractivity contribution in [2.45, 2.75) is 31.2 Å². The minimum atomic E-state index is -3.87. The van der Waals surface area contributed by atoms with Gasteiger partial charge in [-0.15, -0.1) is 11.3 Å². The normalized spacial score (nSPS) is 19.8. The summed E-state index contributed by atoms with van der Waals surface area (Å²) in [5, 5.41) is 10.3. The van der Waals surface area contributed by atoms with Gasteiger partial charge in [0.1, 0.15) is 16.4 Å². The number of carbonyl (C=O) groups excluding carboxylic acids is 1. The Balaban J connectivity index is 1.43. The molecule has 0 radical (unpaired) electrons. The Labute approximate surface area is 216 Å². The van der Waals surface area contributed by atoms with Crippen LogP contribution < -0.4 is 0 Å². The van der Waals surface area contributed by atoms with E-state index in [1.165, 1.54) is 40.2 Å². The third kappa shape index (κ3) is 3.87. The van der Waals surface area contributed by atoms with Crippen molar-refractivity contribution in [3.63, 3.8) is 0 Å². The highest BCUT2D eigenvalue weighted by molar-refractivity contribution is 7.89. The summed E-state index contributed by atoms with van der Waals surface area (Å²) in [6, 6.07) is 6.04. The van der Waals surface area contributed by atoms with Gasteiger partial charge in [-0.05, 0) is 55.7 Å². The van der Waals surface area contributed by atoms with Gasteiger partial charge in [0.15, 0.2) is 5.78 Å². The van der Waals surface area contributed by atoms with E-state index in [0.29, 0.717) is 24.3 Å². The van der Waals surface area contributed by atoms with Crippen LogP contribution in [-0.4, -0.2) is 56.1 Å². The molecule has 12 heteroatoms. The van der Waals surface area contributed by atoms with E-state index in [0.717, 1.165) is 16.8 Å². The molecule has 0 unspecified atom stereocenters. The third-order valence-corrected chi connectivity index (χ3v) is 9.51. The van der Waals surface area contributed by atoms with Gasteiger partial charge in [-0.25, -0.2) is 22.5 Å². The van der Waals surface area contributed by atoms with Crippen LogP contribution in [0.15, 0.2) is 64.2 Å². The largest absolute Gasteiger partial charge is 0.291 e. The lowest BCUT2D eigenvalue weighted by Crippen LogP contribution is -2.53. The number of benzene rings is 1. The van der Waals surface area contributed by atoms with E-state index in [1.54, 1.807) is 38.6 Å². The van der Waals surface area contributed by atoms with Crippen LogP contribution in [0, 0.1) is 11.2 Å². The highest BCUT2D eigenvalue weighted by atomic mass is 32.2. The van der Waals surface area contributed by atoms with Gasteiger partial charge < -0.3 is 0 Å². The van der Waals surface area contributed by atoms with Crippen LogP contribution in [0.2, 0.25) is 0 Å². The average Bonchev–Trinajstić information content (AvgIpc) is 3.68. The van der Waals surface area contributed by atoms with Gasteiger partial charge in [-0.3, -0.25) is 9.48 Å². The number of hydrogen-bond acceptors (Lipinski definition) is 7. The first-order valence-electron chi connectivity index (χ1n) is 11.8. The molecule has 4 heterocycles. The minimum Gasteiger partial charge on any atom is -0.291 e. The first kappa shape index (κ1) is 23.9. The predicted octanol–water partition coefficient (Wildman–Crippen LogP) is 3.59. The molecule has 1 aromatic carbocycles. The summed E-state index contributed by atoms with van der Waals surface area (Å²) in [5.74, 6) is -0.543. The zero-order chi connectivity index (χ0) is 25.8. The van der Waals surface area contributed by atoms with E-state index in [9.17, 15) is 17.6 Å². The molecule has 1 aliphatic carbocycles. The third-order valence-electron chi connectivity index (χ3n) is 7.12. The van der Waals surface area contributed by atoms with Crippen LogP contribution in [0.3, 0.4) is 0 Å². The molecule has 6 rings (SSSR count). The second-order valence-corrected chi connectivity index (χ2v) is 11.9. The lowest BCUT2D eigenvalue weighted by Gasteiger charge is -2.44. The van der Waals surface area contributed by atoms with Gasteiger partial charge >= 0.3 is 0 Å². The highest BCUT2D eigenvalue weighted by Gasteiger charge is 2.51. The van der Waals surface area contributed by atoms with Crippen molar-refractivity contribution in [2.24, 2.45) is 5.41 Å². The van der Waals surface area contributed by atoms with Crippen molar-refractivity contribution in [3.8, 4) is 5.69 Å². The summed E-state index contributed by atoms with van der Waals surface area (Å²) in [6.45, 7) is 2.66. The smallest absolute Gasteiger partial charge is 0.246 e. The predicted molar refractivity (Wildman–Crippen MR) is 135 cm³/mol. The molecule has 0 bridgehead atoms. The number of Topliss-reactive ketones (excluding diaryl/α,β-unsaturated/α-hetero) is 1. The van der Waals surface area contributed by atoms with Crippen molar-refractivity contribution in [2.75, 3.05) is 13.1 Å². The fourth-order valence-corrected chi connectivity index (χ4v) is 7.17. The van der Waals surface area contributed by atoms with Crippen molar-refractivity contribution >= 4 is 33.2 Å². The second-order valence-electron chi connectivity index (χ2n) is 9.19. The van der Waals surface area contributed by atoms with Crippen LogP contribution in [-0.2, 0) is 23.0 Å². The van der Waals surface area contributed by atoms with E-state index in [4.69, 9.17) is 0 Å². The Morgan fingerprint density at radius 1 is 1.19 bits per heavy atom. The monoisotopic (exact) mass is 538 g/mol. The molecule has 1 atom stereocenters. The topological polar surface area (TPSA) is 103 Å². The maximum atomic E-state index is 14.0. The number of piperidine rings is 1. The van der Waals surface area contributed by atoms with Gasteiger partial charge in [0.2, 0.25) is 10.0 Å². The van der Waals surface area contributed by atoms with Crippen LogP contribution in [0.4, 0.5) is 4.39 Å². The summed E-state index contributed by atoms with van der Waals surface area (Å²) in [7, 11) is -3.87. The van der Waals surface area contributed by atoms with Gasteiger partial charge in [0.25, 0.3) is 0 Å². The molecule has 37 heavy (non-hydrogen) atoms. The first-order chi connectivity index (χ1) is 17.8. The Morgan fingerprint density at radius 3 is 2.70 bits per heavy atom. The highest BCUT2D eigenvalue weighted by Crippen LogP contribution is 2.47. The van der Waals surface area contributed by atoms with Crippen molar-refractivity contribution < 1.29 is 17.6 Å². The Bertz CT molecular complexity index is 1620. The number of aromatic nitrogens is 5. The average molecular weight is 539 g/mol. The molecular formula is C25H23FN6O3S2. The summed E-state index contributed by atoms with van der Waals surface area (Å²) in [4.78, 5) is 18.4. The lowest BCUT2D eigenvalue weighted by molar-refractivity contribution is 0.0771. The van der Waals surface area contributed by atoms with Crippen molar-refractivity contribution in [3.05, 3.63) is 82.1 Å². The van der Waals surface area contributed by atoms with Gasteiger partial charge in [-0.1, -0.05) is 5.57 Å². The molecule has 0 saturated carbocycles. The van der Waals surface area contributed by atoms with Crippen molar-refractivity contribution in [1.82, 2.24) is 28.9 Å². The standard InChI is InChI=1S/C25H23FN6O3S2/c1-2-30-13-21(12-28-30)37(34,35)31-8-7-18-9-23-17(11-29-32(23)20-5-3-19(26)4-6-20)10-25(18,15-31)24(33)22-14-36-16-27-22/h3-6,9,11-14,16H,2,7-8,10,15H2,1H3/t25-/m0/s1. The molecule has 0 N–H and O–H groups in total. The summed E-state index contributed by atoms with van der Waals surface area (Å²) in [6.07, 6.45) is 7.17. The number of thiazole rings is 1. The van der Waals surface area contributed by atoms with Crippen LogP contribution >= 0.6 is 11.3 Å². The van der Waals surface area contributed by atoms with E-state index in [2.05, 4.69) is 15.2 Å². The number of halogens is 1. The fourth-order valence-electron chi connectivity index (χ4n) is 5.18. The lowest BCUT2D eigenvalue weighted by atomic mass is 9.65. The second kappa shape index (κ2) is 8.82. The number of hydrogen-bond donors (Lipinski definition) is 0. The fraction of sp³-hybridized carbons (Fsp3) is 0.280. The molecule has 3 aromatic heterocycles. The van der Waals surface area contributed by atoms with Gasteiger partial charge in [0.05, 0.1) is 34.7 Å². The van der Waals surface area contributed by atoms with Crippen LogP contribution in [0.1, 0.15) is 35.1 Å². The number of carbonyl (C=O) groups is 1. The van der Waals surface area contributed by atoms with Crippen LogP contribution in [0.25, 0.3) is 11.8 Å². The molecule has 4 aromatic rings. The maximum absolute atomic E-state index is 14.0. The molecule has 2 aliphatic rings. The SMILES string of the molecule is CCn1cc(S(=O)(=O)N2CCC3=Cc4c(cnn4-c4ccc(F)cc4)C[C@]3(C(=O)c3cscn3)C2)cn1. The van der Waals surface area contributed by atoms with E-state index >= 15 is 0 Å². The first-order valence-corrected chi connectivity index (χ1v) is 14.2. The number of nitrogens with zero attached hydrogens (tertiary/aromatic N) is 6. The van der Waals surface area contributed by atoms with Crippen molar-refractivity contribution in [1.29, 1.82) is 0 Å². The number of fused-ring (bicyclic) bond motifs is 2. The molecule has 9 nitrogen and oxygen atoms in total. The molecule has 1 fully saturated rings. The van der Waals surface area contributed by atoms with Gasteiger partial charge in [0, 0.05) is 31.2 Å². The summed E-state index contributed by atoms with van der Waals surface area (Å²) < 4.78 is 45.3.